The van der Waals surface area contributed by atoms with Crippen molar-refractivity contribution in [3.8, 4) is 0 Å². The molecule has 4 nitrogen and oxygen atoms in total. The quantitative estimate of drug-likeness (QED) is 0.712. The molecule has 1 saturated carbocycles. The van der Waals surface area contributed by atoms with Gasteiger partial charge in [-0.15, -0.1) is 0 Å². The molecule has 3 aromatic rings. The molecule has 0 radical (unpaired) electrons. The standard InChI is InChI=1S/C22H24N2O2/c25-21(23-14-13-16-7-1-2-8-16)15-24-19-11-5-3-9-17(19)22(26)18-10-4-6-12-20(18)24/h3-6,9-12,16H,1-2,7-8,13-15H2,(H,23,25). The first-order valence-electron chi connectivity index (χ1n) is 9.51. The first kappa shape index (κ1) is 16.8. The molecule has 0 aliphatic heterocycles. The lowest BCUT2D eigenvalue weighted by molar-refractivity contribution is -0.121. The van der Waals surface area contributed by atoms with Crippen molar-refractivity contribution in [3.63, 3.8) is 0 Å². The van der Waals surface area contributed by atoms with E-state index in [4.69, 9.17) is 0 Å². The van der Waals surface area contributed by atoms with Gasteiger partial charge in [0.05, 0.1) is 11.0 Å². The summed E-state index contributed by atoms with van der Waals surface area (Å²) in [5.41, 5.74) is 1.64. The van der Waals surface area contributed by atoms with E-state index in [-0.39, 0.29) is 17.9 Å². The van der Waals surface area contributed by atoms with Crippen LogP contribution >= 0.6 is 0 Å². The van der Waals surface area contributed by atoms with Crippen LogP contribution in [0.2, 0.25) is 0 Å². The van der Waals surface area contributed by atoms with Gasteiger partial charge in [-0.1, -0.05) is 49.9 Å². The molecule has 26 heavy (non-hydrogen) atoms. The zero-order valence-electron chi connectivity index (χ0n) is 14.9. The van der Waals surface area contributed by atoms with E-state index in [9.17, 15) is 9.59 Å². The van der Waals surface area contributed by atoms with Crippen molar-refractivity contribution in [1.82, 2.24) is 9.88 Å². The van der Waals surface area contributed by atoms with Gasteiger partial charge in [-0.3, -0.25) is 9.59 Å². The smallest absolute Gasteiger partial charge is 0.239 e. The Kier molecular flexibility index (Phi) is 4.74. The Labute approximate surface area is 152 Å². The number of rotatable bonds is 5. The number of hydrogen-bond donors (Lipinski definition) is 1. The van der Waals surface area contributed by atoms with Crippen molar-refractivity contribution >= 4 is 27.7 Å². The second-order valence-electron chi connectivity index (χ2n) is 7.24. The van der Waals surface area contributed by atoms with E-state index >= 15 is 0 Å². The van der Waals surface area contributed by atoms with Crippen LogP contribution in [0, 0.1) is 5.92 Å². The van der Waals surface area contributed by atoms with Gasteiger partial charge in [-0.05, 0) is 36.6 Å². The molecule has 1 heterocycles. The van der Waals surface area contributed by atoms with Gasteiger partial charge in [0.2, 0.25) is 5.91 Å². The molecule has 1 fully saturated rings. The normalized spacial score (nSPS) is 14.9. The Morgan fingerprint density at radius 2 is 1.54 bits per heavy atom. The predicted octanol–water partition coefficient (Wildman–Crippen LogP) is 3.85. The van der Waals surface area contributed by atoms with Crippen molar-refractivity contribution in [2.24, 2.45) is 5.92 Å². The molecular weight excluding hydrogens is 324 g/mol. The summed E-state index contributed by atoms with van der Waals surface area (Å²) in [5.74, 6) is 0.770. The molecule has 1 aromatic heterocycles. The van der Waals surface area contributed by atoms with Crippen LogP contribution < -0.4 is 10.7 Å². The highest BCUT2D eigenvalue weighted by molar-refractivity contribution is 5.94. The predicted molar refractivity (Wildman–Crippen MR) is 105 cm³/mol. The second-order valence-corrected chi connectivity index (χ2v) is 7.24. The number of benzene rings is 2. The molecule has 0 bridgehead atoms. The highest BCUT2D eigenvalue weighted by atomic mass is 16.2. The Morgan fingerprint density at radius 1 is 0.962 bits per heavy atom. The van der Waals surface area contributed by atoms with Crippen LogP contribution in [0.3, 0.4) is 0 Å². The summed E-state index contributed by atoms with van der Waals surface area (Å²) in [5, 5.41) is 4.38. The molecule has 2 aromatic carbocycles. The van der Waals surface area contributed by atoms with Crippen LogP contribution in [0.1, 0.15) is 32.1 Å². The number of fused-ring (bicyclic) bond motifs is 2. The van der Waals surface area contributed by atoms with E-state index in [1.165, 1.54) is 25.7 Å². The first-order chi connectivity index (χ1) is 12.7. The Bertz CT molecular complexity index is 940. The molecule has 0 saturated heterocycles. The SMILES string of the molecule is O=C(Cn1c2ccccc2c(=O)c2ccccc21)NCCC1CCCC1. The van der Waals surface area contributed by atoms with Crippen molar-refractivity contribution in [3.05, 3.63) is 58.8 Å². The fourth-order valence-corrected chi connectivity index (χ4v) is 4.16. The van der Waals surface area contributed by atoms with Gasteiger partial charge in [-0.2, -0.15) is 0 Å². The average molecular weight is 348 g/mol. The maximum absolute atomic E-state index is 12.7. The number of carbonyl (C=O) groups excluding carboxylic acids is 1. The van der Waals surface area contributed by atoms with Gasteiger partial charge in [-0.25, -0.2) is 0 Å². The van der Waals surface area contributed by atoms with E-state index in [0.717, 1.165) is 29.9 Å². The zero-order valence-corrected chi connectivity index (χ0v) is 14.9. The van der Waals surface area contributed by atoms with E-state index < -0.39 is 0 Å². The van der Waals surface area contributed by atoms with Gasteiger partial charge in [0.25, 0.3) is 0 Å². The molecule has 134 valence electrons. The fraction of sp³-hybridized carbons (Fsp3) is 0.364. The Morgan fingerprint density at radius 3 is 2.15 bits per heavy atom. The molecule has 1 aliphatic rings. The molecule has 1 amide bonds. The number of pyridine rings is 1. The lowest BCUT2D eigenvalue weighted by atomic mass is 10.0. The number of hydrogen-bond acceptors (Lipinski definition) is 2. The van der Waals surface area contributed by atoms with Crippen molar-refractivity contribution in [1.29, 1.82) is 0 Å². The molecular formula is C22H24N2O2. The van der Waals surface area contributed by atoms with Crippen molar-refractivity contribution < 1.29 is 4.79 Å². The number of nitrogens with zero attached hydrogens (tertiary/aromatic N) is 1. The minimum Gasteiger partial charge on any atom is -0.355 e. The summed E-state index contributed by atoms with van der Waals surface area (Å²) in [4.78, 5) is 25.3. The monoisotopic (exact) mass is 348 g/mol. The van der Waals surface area contributed by atoms with Crippen LogP contribution in [0.4, 0.5) is 0 Å². The van der Waals surface area contributed by atoms with E-state index in [2.05, 4.69) is 5.32 Å². The van der Waals surface area contributed by atoms with Gasteiger partial charge in [0.15, 0.2) is 5.43 Å². The summed E-state index contributed by atoms with van der Waals surface area (Å²) >= 11 is 0. The third-order valence-electron chi connectivity index (χ3n) is 5.53. The third kappa shape index (κ3) is 3.24. The molecule has 1 aliphatic carbocycles. The molecule has 4 heteroatoms. The van der Waals surface area contributed by atoms with Crippen LogP contribution in [0.15, 0.2) is 53.3 Å². The van der Waals surface area contributed by atoms with Crippen molar-refractivity contribution in [2.75, 3.05) is 6.54 Å². The van der Waals surface area contributed by atoms with Crippen LogP contribution in [-0.4, -0.2) is 17.0 Å². The summed E-state index contributed by atoms with van der Waals surface area (Å²) in [7, 11) is 0. The van der Waals surface area contributed by atoms with Gasteiger partial charge < -0.3 is 9.88 Å². The number of aromatic nitrogens is 1. The summed E-state index contributed by atoms with van der Waals surface area (Å²) in [6.07, 6.45) is 6.31. The van der Waals surface area contributed by atoms with Gasteiger partial charge in [0.1, 0.15) is 6.54 Å². The van der Waals surface area contributed by atoms with Crippen LogP contribution in [-0.2, 0) is 11.3 Å². The topological polar surface area (TPSA) is 51.1 Å². The number of nitrogens with one attached hydrogen (secondary N) is 1. The van der Waals surface area contributed by atoms with E-state index in [1.807, 2.05) is 53.1 Å². The maximum atomic E-state index is 12.7. The number of para-hydroxylation sites is 2. The van der Waals surface area contributed by atoms with Crippen LogP contribution in [0.5, 0.6) is 0 Å². The maximum Gasteiger partial charge on any atom is 0.239 e. The minimum atomic E-state index is 0.00181. The minimum absolute atomic E-state index is 0.00181. The van der Waals surface area contributed by atoms with Gasteiger partial charge >= 0.3 is 0 Å². The summed E-state index contributed by atoms with van der Waals surface area (Å²) in [6, 6.07) is 15.0. The molecule has 0 spiro atoms. The van der Waals surface area contributed by atoms with Crippen molar-refractivity contribution in [2.45, 2.75) is 38.6 Å². The summed E-state index contributed by atoms with van der Waals surface area (Å²) in [6.45, 7) is 0.964. The average Bonchev–Trinajstić information content (AvgIpc) is 3.19. The van der Waals surface area contributed by atoms with Gasteiger partial charge in [0, 0.05) is 17.3 Å². The molecule has 0 unspecified atom stereocenters. The Hall–Kier alpha value is -2.62. The number of amides is 1. The second kappa shape index (κ2) is 7.32. The third-order valence-corrected chi connectivity index (χ3v) is 5.53. The van der Waals surface area contributed by atoms with E-state index in [0.29, 0.717) is 10.8 Å². The molecule has 4 rings (SSSR count). The van der Waals surface area contributed by atoms with E-state index in [1.54, 1.807) is 0 Å². The van der Waals surface area contributed by atoms with Crippen LogP contribution in [0.25, 0.3) is 21.8 Å². The Balaban J connectivity index is 1.61. The highest BCUT2D eigenvalue weighted by Gasteiger charge is 2.16. The first-order valence-corrected chi connectivity index (χ1v) is 9.51. The molecule has 0 atom stereocenters. The fourth-order valence-electron chi connectivity index (χ4n) is 4.16. The zero-order chi connectivity index (χ0) is 17.9. The lowest BCUT2D eigenvalue weighted by Crippen LogP contribution is -2.30. The summed E-state index contributed by atoms with van der Waals surface area (Å²) < 4.78 is 1.96. The highest BCUT2D eigenvalue weighted by Crippen LogP contribution is 2.27. The lowest BCUT2D eigenvalue weighted by Gasteiger charge is -2.15. The largest absolute Gasteiger partial charge is 0.355 e. The molecule has 1 N–H and O–H groups in total. The number of carbonyl (C=O) groups is 1.